The Morgan fingerprint density at radius 3 is 1.62 bits per heavy atom. The van der Waals surface area contributed by atoms with Crippen LogP contribution in [0.1, 0.15) is 162 Å². The van der Waals surface area contributed by atoms with Crippen LogP contribution in [0.4, 0.5) is 0 Å². The third kappa shape index (κ3) is 31.3. The maximum atomic E-state index is 12.0. The van der Waals surface area contributed by atoms with E-state index in [1.807, 2.05) is 0 Å². The van der Waals surface area contributed by atoms with Gasteiger partial charge in [-0.15, -0.1) is 0 Å². The third-order valence-corrected chi connectivity index (χ3v) is 7.30. The van der Waals surface area contributed by atoms with Crippen LogP contribution in [0.3, 0.4) is 0 Å². The summed E-state index contributed by atoms with van der Waals surface area (Å²) in [6.45, 7) is 5.39. The molecule has 238 valence electrons. The summed E-state index contributed by atoms with van der Waals surface area (Å²) in [5, 5.41) is 12.3. The summed E-state index contributed by atoms with van der Waals surface area (Å²) in [6, 6.07) is 0. The molecule has 0 aromatic rings. The molecule has 0 fully saturated rings. The molecule has 0 heterocycles. The number of hydrogen-bond acceptors (Lipinski definition) is 6. The summed E-state index contributed by atoms with van der Waals surface area (Å²) < 4.78 is 16.3. The molecule has 1 amide bonds. The number of amides is 1. The second-order valence-electron chi connectivity index (χ2n) is 11.3. The predicted molar refractivity (Wildman–Crippen MR) is 164 cm³/mol. The topological polar surface area (TPSA) is 94.1 Å². The zero-order valence-electron chi connectivity index (χ0n) is 26.4. The Bertz CT molecular complexity index is 545. The number of unbranched alkanes of at least 4 members (excludes halogenated alkanes) is 20. The van der Waals surface area contributed by atoms with E-state index in [1.165, 1.54) is 116 Å². The van der Waals surface area contributed by atoms with Crippen molar-refractivity contribution in [1.82, 2.24) is 5.32 Å². The van der Waals surface area contributed by atoms with Gasteiger partial charge in [0, 0.05) is 26.5 Å². The van der Waals surface area contributed by atoms with E-state index in [2.05, 4.69) is 12.2 Å². The average molecular weight is 572 g/mol. The van der Waals surface area contributed by atoms with E-state index in [0.29, 0.717) is 13.0 Å². The lowest BCUT2D eigenvalue weighted by Crippen LogP contribution is -2.27. The van der Waals surface area contributed by atoms with Gasteiger partial charge in [-0.1, -0.05) is 129 Å². The summed E-state index contributed by atoms with van der Waals surface area (Å²) in [4.78, 5) is 22.8. The molecule has 1 atom stereocenters. The smallest absolute Gasteiger partial charge is 0.306 e. The first-order valence-corrected chi connectivity index (χ1v) is 16.8. The fourth-order valence-electron chi connectivity index (χ4n) is 4.78. The van der Waals surface area contributed by atoms with Crippen LogP contribution in [0, 0.1) is 0 Å². The molecule has 0 aliphatic carbocycles. The van der Waals surface area contributed by atoms with Crippen LogP contribution in [0.25, 0.3) is 0 Å². The molecule has 0 aliphatic heterocycles. The maximum Gasteiger partial charge on any atom is 0.306 e. The zero-order valence-corrected chi connectivity index (χ0v) is 26.4. The number of carbonyl (C=O) groups is 2. The first kappa shape index (κ1) is 38.8. The van der Waals surface area contributed by atoms with E-state index < -0.39 is 6.10 Å². The van der Waals surface area contributed by atoms with Crippen molar-refractivity contribution in [2.45, 2.75) is 168 Å². The highest BCUT2D eigenvalue weighted by Gasteiger charge is 2.13. The van der Waals surface area contributed by atoms with Crippen LogP contribution >= 0.6 is 0 Å². The molecular weight excluding hydrogens is 506 g/mol. The molecule has 0 spiro atoms. The van der Waals surface area contributed by atoms with Crippen LogP contribution in [-0.4, -0.2) is 56.2 Å². The number of aliphatic hydroxyl groups is 1. The van der Waals surface area contributed by atoms with Gasteiger partial charge in [-0.25, -0.2) is 0 Å². The van der Waals surface area contributed by atoms with Gasteiger partial charge in [0.1, 0.15) is 12.9 Å². The highest BCUT2D eigenvalue weighted by atomic mass is 16.7. The molecule has 40 heavy (non-hydrogen) atoms. The maximum absolute atomic E-state index is 12.0. The molecule has 7 heteroatoms. The van der Waals surface area contributed by atoms with Crippen LogP contribution in [0.2, 0.25) is 0 Å². The Labute approximate surface area is 246 Å². The fourth-order valence-corrected chi connectivity index (χ4v) is 4.78. The van der Waals surface area contributed by atoms with E-state index in [4.69, 9.17) is 14.2 Å². The zero-order chi connectivity index (χ0) is 29.4. The van der Waals surface area contributed by atoms with Gasteiger partial charge in [0.25, 0.3) is 0 Å². The van der Waals surface area contributed by atoms with Gasteiger partial charge in [0.2, 0.25) is 5.91 Å². The lowest BCUT2D eigenvalue weighted by molar-refractivity contribution is -0.159. The Hall–Kier alpha value is -1.18. The Morgan fingerprint density at radius 2 is 1.12 bits per heavy atom. The van der Waals surface area contributed by atoms with Crippen molar-refractivity contribution in [2.75, 3.05) is 33.2 Å². The molecule has 0 rings (SSSR count). The molecule has 0 bridgehead atoms. The van der Waals surface area contributed by atoms with Gasteiger partial charge in [-0.05, 0) is 19.3 Å². The van der Waals surface area contributed by atoms with E-state index in [1.54, 1.807) is 6.92 Å². The second-order valence-corrected chi connectivity index (χ2v) is 11.3. The normalized spacial score (nSPS) is 12.0. The first-order chi connectivity index (χ1) is 19.6. The van der Waals surface area contributed by atoms with Crippen molar-refractivity contribution in [1.29, 1.82) is 0 Å². The minimum absolute atomic E-state index is 0.0653. The summed E-state index contributed by atoms with van der Waals surface area (Å²) in [5.74, 6) is -0.186. The van der Waals surface area contributed by atoms with Crippen molar-refractivity contribution in [3.8, 4) is 0 Å². The van der Waals surface area contributed by atoms with Gasteiger partial charge >= 0.3 is 5.97 Å². The molecule has 0 radical (unpaired) electrons. The fraction of sp³-hybridized carbons (Fsp3) is 0.939. The van der Waals surface area contributed by atoms with Gasteiger partial charge in [-0.2, -0.15) is 0 Å². The van der Waals surface area contributed by atoms with E-state index in [0.717, 1.165) is 32.2 Å². The molecule has 0 aromatic carbocycles. The van der Waals surface area contributed by atoms with Gasteiger partial charge in [0.15, 0.2) is 0 Å². The number of rotatable bonds is 32. The van der Waals surface area contributed by atoms with Gasteiger partial charge < -0.3 is 24.6 Å². The monoisotopic (exact) mass is 571 g/mol. The summed E-state index contributed by atoms with van der Waals surface area (Å²) >= 11 is 0. The summed E-state index contributed by atoms with van der Waals surface area (Å²) in [7, 11) is 0. The minimum atomic E-state index is -0.618. The lowest BCUT2D eigenvalue weighted by atomic mass is 10.1. The number of nitrogens with one attached hydrogen (secondary N) is 1. The Morgan fingerprint density at radius 1 is 0.650 bits per heavy atom. The largest absolute Gasteiger partial charge is 0.457 e. The SMILES string of the molecule is CCCCCCCCCCCCCC(=O)O[C@H](CO)COCOCCCCCCCCCCCCCNC(C)=O. The van der Waals surface area contributed by atoms with Crippen molar-refractivity contribution in [2.24, 2.45) is 0 Å². The van der Waals surface area contributed by atoms with E-state index >= 15 is 0 Å². The van der Waals surface area contributed by atoms with E-state index in [9.17, 15) is 14.7 Å². The molecule has 0 saturated carbocycles. The number of ether oxygens (including phenoxy) is 3. The van der Waals surface area contributed by atoms with Crippen molar-refractivity contribution >= 4 is 11.9 Å². The molecule has 0 saturated heterocycles. The van der Waals surface area contributed by atoms with Gasteiger partial charge in [0.05, 0.1) is 13.2 Å². The van der Waals surface area contributed by atoms with Crippen molar-refractivity contribution in [3.63, 3.8) is 0 Å². The predicted octanol–water partition coefficient (Wildman–Crippen LogP) is 8.01. The Balaban J connectivity index is 3.38. The molecular formula is C33H65NO6. The number of carbonyl (C=O) groups excluding carboxylic acids is 2. The van der Waals surface area contributed by atoms with Crippen LogP contribution < -0.4 is 5.32 Å². The summed E-state index contributed by atoms with van der Waals surface area (Å²) in [6.07, 6.45) is 27.0. The van der Waals surface area contributed by atoms with Crippen molar-refractivity contribution in [3.05, 3.63) is 0 Å². The second kappa shape index (κ2) is 32.3. The average Bonchev–Trinajstić information content (AvgIpc) is 2.94. The first-order valence-electron chi connectivity index (χ1n) is 16.8. The molecule has 0 aliphatic rings. The third-order valence-electron chi connectivity index (χ3n) is 7.30. The summed E-state index contributed by atoms with van der Waals surface area (Å²) in [5.41, 5.74) is 0. The number of aliphatic hydroxyl groups excluding tert-OH is 1. The highest BCUT2D eigenvalue weighted by molar-refractivity contribution is 5.72. The standard InChI is InChI=1S/C33H65NO6/c1-3-4-5-6-7-8-10-13-16-19-22-25-33(37)40-32(28-35)29-39-30-38-27-24-21-18-15-12-9-11-14-17-20-23-26-34-31(2)36/h32,35H,3-30H2,1-2H3,(H,34,36)/t32-/m1/s1. The van der Waals surface area contributed by atoms with Crippen LogP contribution in [0.5, 0.6) is 0 Å². The number of esters is 1. The molecule has 0 aromatic heterocycles. The Kier molecular flexibility index (Phi) is 31.4. The van der Waals surface area contributed by atoms with Gasteiger partial charge in [-0.3, -0.25) is 9.59 Å². The lowest BCUT2D eigenvalue weighted by Gasteiger charge is -2.16. The highest BCUT2D eigenvalue weighted by Crippen LogP contribution is 2.13. The van der Waals surface area contributed by atoms with Crippen LogP contribution in [0.15, 0.2) is 0 Å². The molecule has 0 unspecified atom stereocenters. The number of hydrogen-bond donors (Lipinski definition) is 2. The molecule has 7 nitrogen and oxygen atoms in total. The molecule has 2 N–H and O–H groups in total. The van der Waals surface area contributed by atoms with Crippen molar-refractivity contribution < 1.29 is 28.9 Å². The van der Waals surface area contributed by atoms with Crippen LogP contribution in [-0.2, 0) is 23.8 Å². The minimum Gasteiger partial charge on any atom is -0.457 e. The van der Waals surface area contributed by atoms with E-state index in [-0.39, 0.29) is 31.9 Å². The quantitative estimate of drug-likeness (QED) is 0.0482.